The van der Waals surface area contributed by atoms with Gasteiger partial charge in [0.1, 0.15) is 13.1 Å². The van der Waals surface area contributed by atoms with E-state index in [0.717, 1.165) is 16.7 Å². The molecule has 0 aromatic heterocycles. The number of methoxy groups -OCH3 is 1. The Kier molecular flexibility index (Phi) is 5.59. The molecule has 28 heavy (non-hydrogen) atoms. The Hall–Kier alpha value is -3.41. The lowest BCUT2D eigenvalue weighted by molar-refractivity contribution is -0.147. The van der Waals surface area contributed by atoms with E-state index in [0.29, 0.717) is 11.3 Å². The molecule has 2 aromatic rings. The van der Waals surface area contributed by atoms with Crippen LogP contribution in [0.25, 0.3) is 5.70 Å². The van der Waals surface area contributed by atoms with E-state index in [-0.39, 0.29) is 31.4 Å². The highest BCUT2D eigenvalue weighted by Crippen LogP contribution is 2.31. The molecule has 0 saturated carbocycles. The molecule has 0 atom stereocenters. The number of nitrogens with zero attached hydrogens (tertiary/aromatic N) is 2. The zero-order valence-corrected chi connectivity index (χ0v) is 16.0. The molecule has 2 aromatic carbocycles. The van der Waals surface area contributed by atoms with Gasteiger partial charge in [-0.05, 0) is 24.1 Å². The van der Waals surface area contributed by atoms with Crippen LogP contribution >= 0.6 is 0 Å². The van der Waals surface area contributed by atoms with E-state index >= 15 is 0 Å². The molecule has 0 spiro atoms. The van der Waals surface area contributed by atoms with Crippen molar-refractivity contribution in [3.8, 4) is 0 Å². The fourth-order valence-corrected chi connectivity index (χ4v) is 3.18. The number of aryl methyl sites for hydroxylation is 1. The highest BCUT2D eigenvalue weighted by Gasteiger charge is 2.33. The largest absolute Gasteiger partial charge is 0.468 e. The van der Waals surface area contributed by atoms with Crippen molar-refractivity contribution in [3.05, 3.63) is 77.4 Å². The number of hydrogen-bond donors (Lipinski definition) is 0. The summed E-state index contributed by atoms with van der Waals surface area (Å²) >= 11 is 0. The lowest BCUT2D eigenvalue weighted by Crippen LogP contribution is -2.42. The molecule has 0 fully saturated rings. The van der Waals surface area contributed by atoms with Crippen molar-refractivity contribution in [1.82, 2.24) is 9.80 Å². The maximum atomic E-state index is 13.0. The third-order valence-electron chi connectivity index (χ3n) is 4.86. The molecule has 2 amide bonds. The first-order valence-corrected chi connectivity index (χ1v) is 8.91. The first-order valence-electron chi connectivity index (χ1n) is 8.91. The van der Waals surface area contributed by atoms with Crippen molar-refractivity contribution in [1.29, 1.82) is 0 Å². The number of carbonyl (C=O) groups excluding carboxylic acids is 3. The molecule has 6 nitrogen and oxygen atoms in total. The number of fused-ring (bicyclic) bond motifs is 1. The van der Waals surface area contributed by atoms with Crippen LogP contribution in [0.5, 0.6) is 0 Å². The summed E-state index contributed by atoms with van der Waals surface area (Å²) in [6.07, 6.45) is 0. The lowest BCUT2D eigenvalue weighted by atomic mass is 10.1. The Balaban J connectivity index is 1.80. The first-order chi connectivity index (χ1) is 13.4. The molecule has 0 aliphatic carbocycles. The summed E-state index contributed by atoms with van der Waals surface area (Å²) in [4.78, 5) is 40.2. The van der Waals surface area contributed by atoms with E-state index in [1.165, 1.54) is 16.9 Å². The number of ether oxygens (including phenoxy) is 1. The minimum atomic E-state index is -0.517. The summed E-state index contributed by atoms with van der Waals surface area (Å²) in [6.45, 7) is 5.78. The van der Waals surface area contributed by atoms with Crippen LogP contribution in [0.1, 0.15) is 27.0 Å². The fourth-order valence-electron chi connectivity index (χ4n) is 3.18. The third kappa shape index (κ3) is 3.81. The van der Waals surface area contributed by atoms with Crippen LogP contribution in [0.3, 0.4) is 0 Å². The summed E-state index contributed by atoms with van der Waals surface area (Å²) in [5.41, 5.74) is 3.68. The molecule has 0 N–H and O–H groups in total. The normalized spacial score (nSPS) is 12.7. The highest BCUT2D eigenvalue weighted by atomic mass is 16.5. The molecule has 1 aliphatic heterocycles. The number of hydrogen-bond acceptors (Lipinski definition) is 4. The van der Waals surface area contributed by atoms with Crippen LogP contribution in [0, 0.1) is 6.92 Å². The molecule has 1 aliphatic rings. The molecule has 0 unspecified atom stereocenters. The fraction of sp³-hybridized carbons (Fsp3) is 0.227. The Morgan fingerprint density at radius 3 is 2.36 bits per heavy atom. The van der Waals surface area contributed by atoms with Gasteiger partial charge in [0.2, 0.25) is 5.91 Å². The first kappa shape index (κ1) is 19.4. The van der Waals surface area contributed by atoms with Gasteiger partial charge in [-0.1, -0.05) is 49.0 Å². The number of carbonyl (C=O) groups is 3. The second-order valence-corrected chi connectivity index (χ2v) is 6.64. The van der Waals surface area contributed by atoms with Gasteiger partial charge in [0, 0.05) is 23.4 Å². The van der Waals surface area contributed by atoms with Gasteiger partial charge in [0.25, 0.3) is 5.91 Å². The molecule has 144 valence electrons. The van der Waals surface area contributed by atoms with Crippen LogP contribution in [-0.4, -0.2) is 47.8 Å². The van der Waals surface area contributed by atoms with E-state index in [4.69, 9.17) is 4.74 Å². The quantitative estimate of drug-likeness (QED) is 0.725. The van der Waals surface area contributed by atoms with E-state index in [2.05, 4.69) is 6.58 Å². The topological polar surface area (TPSA) is 66.9 Å². The smallest absolute Gasteiger partial charge is 0.325 e. The summed E-state index contributed by atoms with van der Waals surface area (Å²) < 4.78 is 4.73. The number of esters is 1. The van der Waals surface area contributed by atoms with Gasteiger partial charge in [0.15, 0.2) is 0 Å². The van der Waals surface area contributed by atoms with E-state index in [1.54, 1.807) is 18.2 Å². The van der Waals surface area contributed by atoms with Crippen molar-refractivity contribution in [2.75, 3.05) is 20.2 Å². The molecular formula is C22H22N2O4. The van der Waals surface area contributed by atoms with Crippen molar-refractivity contribution in [3.63, 3.8) is 0 Å². The van der Waals surface area contributed by atoms with Crippen LogP contribution in [0.4, 0.5) is 0 Å². The second-order valence-electron chi connectivity index (χ2n) is 6.64. The van der Waals surface area contributed by atoms with E-state index < -0.39 is 5.97 Å². The Morgan fingerprint density at radius 1 is 1.07 bits per heavy atom. The lowest BCUT2D eigenvalue weighted by Gasteiger charge is -2.25. The molecule has 1 heterocycles. The summed E-state index contributed by atoms with van der Waals surface area (Å²) in [6, 6.07) is 14.8. The number of benzene rings is 2. The van der Waals surface area contributed by atoms with Crippen molar-refractivity contribution in [2.45, 2.75) is 13.5 Å². The molecule has 3 rings (SSSR count). The third-order valence-corrected chi connectivity index (χ3v) is 4.86. The Bertz CT molecular complexity index is 916. The average molecular weight is 378 g/mol. The monoisotopic (exact) mass is 378 g/mol. The zero-order valence-electron chi connectivity index (χ0n) is 16.0. The number of amides is 2. The van der Waals surface area contributed by atoms with Crippen molar-refractivity contribution >= 4 is 23.5 Å². The van der Waals surface area contributed by atoms with E-state index in [1.807, 2.05) is 37.3 Å². The minimum absolute atomic E-state index is 0.185. The van der Waals surface area contributed by atoms with Crippen LogP contribution < -0.4 is 0 Å². The molecule has 6 heteroatoms. The molecule has 0 bridgehead atoms. The molecular weight excluding hydrogens is 356 g/mol. The summed E-state index contributed by atoms with van der Waals surface area (Å²) in [5, 5.41) is 0. The molecule has 0 radical (unpaired) electrons. The Morgan fingerprint density at radius 2 is 1.71 bits per heavy atom. The van der Waals surface area contributed by atoms with Gasteiger partial charge in [-0.2, -0.15) is 0 Å². The van der Waals surface area contributed by atoms with Crippen molar-refractivity contribution < 1.29 is 19.1 Å². The van der Waals surface area contributed by atoms with E-state index in [9.17, 15) is 14.4 Å². The summed E-state index contributed by atoms with van der Waals surface area (Å²) in [7, 11) is 1.28. The van der Waals surface area contributed by atoms with Crippen LogP contribution in [-0.2, 0) is 20.9 Å². The van der Waals surface area contributed by atoms with Crippen LogP contribution in [0.2, 0.25) is 0 Å². The van der Waals surface area contributed by atoms with Crippen LogP contribution in [0.15, 0.2) is 55.1 Å². The predicted molar refractivity (Wildman–Crippen MR) is 105 cm³/mol. The maximum absolute atomic E-state index is 13.0. The SMILES string of the molecule is C=C1c2ccccc2C(=O)N1CC(=O)N(CC(=O)OC)Cc1ccccc1C. The van der Waals surface area contributed by atoms with Gasteiger partial charge < -0.3 is 9.64 Å². The average Bonchev–Trinajstić information content (AvgIpc) is 2.94. The summed E-state index contributed by atoms with van der Waals surface area (Å²) in [5.74, 6) is -1.13. The van der Waals surface area contributed by atoms with Gasteiger partial charge >= 0.3 is 5.97 Å². The van der Waals surface area contributed by atoms with Gasteiger partial charge in [-0.3, -0.25) is 19.3 Å². The predicted octanol–water partition coefficient (Wildman–Crippen LogP) is 2.62. The van der Waals surface area contributed by atoms with Gasteiger partial charge in [-0.25, -0.2) is 0 Å². The Labute approximate surface area is 164 Å². The van der Waals surface area contributed by atoms with Gasteiger partial charge in [-0.15, -0.1) is 0 Å². The second kappa shape index (κ2) is 8.08. The number of rotatable bonds is 6. The standard InChI is InChI=1S/C22H22N2O4/c1-15-8-4-5-9-17(15)12-23(14-21(26)28-3)20(25)13-24-16(2)18-10-6-7-11-19(18)22(24)27/h4-11H,2,12-14H2,1,3H3. The van der Waals surface area contributed by atoms with Crippen molar-refractivity contribution in [2.24, 2.45) is 0 Å². The maximum Gasteiger partial charge on any atom is 0.325 e. The highest BCUT2D eigenvalue weighted by molar-refractivity contribution is 6.10. The molecule has 0 saturated heterocycles. The van der Waals surface area contributed by atoms with Gasteiger partial charge in [0.05, 0.1) is 7.11 Å². The minimum Gasteiger partial charge on any atom is -0.468 e. The zero-order chi connectivity index (χ0) is 20.3.